The number of nitrogens with zero attached hydrogens (tertiary/aromatic N) is 1. The van der Waals surface area contributed by atoms with E-state index in [1.807, 2.05) is 39.0 Å². The molecule has 2 N–H and O–H groups in total. The molecule has 2 atom stereocenters. The Kier molecular flexibility index (Phi) is 8.50. The van der Waals surface area contributed by atoms with Crippen LogP contribution in [0.25, 0.3) is 11.1 Å². The first-order chi connectivity index (χ1) is 15.7. The number of amides is 2. The van der Waals surface area contributed by atoms with Crippen LogP contribution in [-0.2, 0) is 16.0 Å². The minimum absolute atomic E-state index is 0.000903. The lowest BCUT2D eigenvalue weighted by molar-refractivity contribution is -0.133. The van der Waals surface area contributed by atoms with Crippen molar-refractivity contribution in [2.24, 2.45) is 0 Å². The van der Waals surface area contributed by atoms with Crippen molar-refractivity contribution in [3.05, 3.63) is 60.2 Å². The summed E-state index contributed by atoms with van der Waals surface area (Å²) in [6, 6.07) is 18.2. The molecule has 1 fully saturated rings. The number of alkyl carbamates (subject to hydrolysis) is 1. The van der Waals surface area contributed by atoms with E-state index in [4.69, 9.17) is 4.74 Å². The van der Waals surface area contributed by atoms with E-state index in [0.29, 0.717) is 25.8 Å². The van der Waals surface area contributed by atoms with E-state index < -0.39 is 11.7 Å². The SMILES string of the molecule is CC(C)(C)OC(=O)N[C@@H](CCC(=O)N1CCC[C@H]1CO)Cc1ccc(-c2ccccc2)cc1. The summed E-state index contributed by atoms with van der Waals surface area (Å²) < 4.78 is 5.45. The van der Waals surface area contributed by atoms with Gasteiger partial charge in [0.15, 0.2) is 0 Å². The largest absolute Gasteiger partial charge is 0.444 e. The highest BCUT2D eigenvalue weighted by Gasteiger charge is 2.28. The number of aliphatic hydroxyl groups is 1. The Hall–Kier alpha value is -2.86. The number of benzene rings is 2. The number of likely N-dealkylation sites (tertiary alicyclic amines) is 1. The van der Waals surface area contributed by atoms with Crippen LogP contribution >= 0.6 is 0 Å². The van der Waals surface area contributed by atoms with E-state index in [1.54, 1.807) is 4.90 Å². The van der Waals surface area contributed by atoms with Gasteiger partial charge in [0.2, 0.25) is 5.91 Å². The minimum atomic E-state index is -0.592. The highest BCUT2D eigenvalue weighted by Crippen LogP contribution is 2.22. The highest BCUT2D eigenvalue weighted by molar-refractivity contribution is 5.77. The number of rotatable bonds is 8. The Bertz CT molecular complexity index is 906. The Labute approximate surface area is 196 Å². The Morgan fingerprint density at radius 2 is 1.76 bits per heavy atom. The molecule has 3 rings (SSSR count). The minimum Gasteiger partial charge on any atom is -0.444 e. The second-order valence-electron chi connectivity index (χ2n) is 9.71. The standard InChI is InChI=1S/C27H36N2O4/c1-27(2,3)33-26(32)28-23(15-16-25(31)29-17-7-10-24(29)19-30)18-20-11-13-22(14-12-20)21-8-5-4-6-9-21/h4-6,8-9,11-14,23-24,30H,7,10,15-19H2,1-3H3,(H,28,32)/t23-,24-/m0/s1. The second kappa shape index (κ2) is 11.3. The van der Waals surface area contributed by atoms with Crippen LogP contribution in [0.2, 0.25) is 0 Å². The normalized spacial score (nSPS) is 17.0. The number of ether oxygens (including phenoxy) is 1. The number of carbonyl (C=O) groups is 2. The van der Waals surface area contributed by atoms with Crippen LogP contribution in [0.5, 0.6) is 0 Å². The zero-order chi connectivity index (χ0) is 23.8. The Balaban J connectivity index is 1.66. The van der Waals surface area contributed by atoms with Crippen LogP contribution in [0.15, 0.2) is 54.6 Å². The van der Waals surface area contributed by atoms with Gasteiger partial charge >= 0.3 is 6.09 Å². The molecule has 1 aliphatic heterocycles. The first-order valence-electron chi connectivity index (χ1n) is 11.8. The highest BCUT2D eigenvalue weighted by atomic mass is 16.6. The third-order valence-electron chi connectivity index (χ3n) is 5.88. The average molecular weight is 453 g/mol. The van der Waals surface area contributed by atoms with E-state index in [9.17, 15) is 14.7 Å². The van der Waals surface area contributed by atoms with Gasteiger partial charge in [-0.1, -0.05) is 54.6 Å². The van der Waals surface area contributed by atoms with E-state index >= 15 is 0 Å². The van der Waals surface area contributed by atoms with E-state index in [1.165, 1.54) is 0 Å². The number of nitrogens with one attached hydrogen (secondary N) is 1. The molecule has 0 bridgehead atoms. The summed E-state index contributed by atoms with van der Waals surface area (Å²) in [6.07, 6.45) is 2.72. The third kappa shape index (κ3) is 7.60. The van der Waals surface area contributed by atoms with Gasteiger partial charge in [-0.05, 0) is 63.1 Å². The molecule has 6 nitrogen and oxygen atoms in total. The van der Waals surface area contributed by atoms with E-state index in [2.05, 4.69) is 41.7 Å². The van der Waals surface area contributed by atoms with Gasteiger partial charge in [-0.3, -0.25) is 4.79 Å². The van der Waals surface area contributed by atoms with Crippen molar-refractivity contribution in [3.8, 4) is 11.1 Å². The molecule has 1 saturated heterocycles. The topological polar surface area (TPSA) is 78.9 Å². The van der Waals surface area contributed by atoms with Gasteiger partial charge in [0.1, 0.15) is 5.60 Å². The molecule has 178 valence electrons. The monoisotopic (exact) mass is 452 g/mol. The fourth-order valence-corrected chi connectivity index (χ4v) is 4.24. The molecular formula is C27H36N2O4. The van der Waals surface area contributed by atoms with Gasteiger partial charge in [0.25, 0.3) is 0 Å². The van der Waals surface area contributed by atoms with Gasteiger partial charge in [-0.25, -0.2) is 4.79 Å². The lowest BCUT2D eigenvalue weighted by Crippen LogP contribution is -2.42. The van der Waals surface area contributed by atoms with Gasteiger partial charge in [-0.2, -0.15) is 0 Å². The summed E-state index contributed by atoms with van der Waals surface area (Å²) >= 11 is 0. The van der Waals surface area contributed by atoms with Crippen LogP contribution in [-0.4, -0.2) is 52.8 Å². The third-order valence-corrected chi connectivity index (χ3v) is 5.88. The van der Waals surface area contributed by atoms with Crippen LogP contribution in [0.1, 0.15) is 52.0 Å². The first kappa shape index (κ1) is 24.8. The summed E-state index contributed by atoms with van der Waals surface area (Å²) in [5.41, 5.74) is 2.78. The van der Waals surface area contributed by atoms with Crippen molar-refractivity contribution in [3.63, 3.8) is 0 Å². The number of hydrogen-bond donors (Lipinski definition) is 2. The number of carbonyl (C=O) groups excluding carboxylic acids is 2. The first-order valence-corrected chi connectivity index (χ1v) is 11.8. The van der Waals surface area contributed by atoms with Gasteiger partial charge in [0, 0.05) is 19.0 Å². The fourth-order valence-electron chi connectivity index (χ4n) is 4.24. The van der Waals surface area contributed by atoms with Crippen LogP contribution in [0.3, 0.4) is 0 Å². The molecule has 0 unspecified atom stereocenters. The predicted molar refractivity (Wildman–Crippen MR) is 130 cm³/mol. The predicted octanol–water partition coefficient (Wildman–Crippen LogP) is 4.55. The lowest BCUT2D eigenvalue weighted by atomic mass is 9.98. The maximum absolute atomic E-state index is 12.8. The number of aliphatic hydroxyl groups excluding tert-OH is 1. The van der Waals surface area contributed by atoms with Crippen molar-refractivity contribution in [1.82, 2.24) is 10.2 Å². The van der Waals surface area contributed by atoms with Crippen LogP contribution in [0.4, 0.5) is 4.79 Å². The van der Waals surface area contributed by atoms with Crippen molar-refractivity contribution < 1.29 is 19.4 Å². The molecule has 33 heavy (non-hydrogen) atoms. The molecule has 0 radical (unpaired) electrons. The average Bonchev–Trinajstić information content (AvgIpc) is 3.26. The molecule has 0 spiro atoms. The van der Waals surface area contributed by atoms with Crippen LogP contribution in [0, 0.1) is 0 Å². The summed E-state index contributed by atoms with van der Waals surface area (Å²) in [5.74, 6) is 0.0296. The molecule has 1 heterocycles. The van der Waals surface area contributed by atoms with Gasteiger partial charge < -0.3 is 20.1 Å². The second-order valence-corrected chi connectivity index (χ2v) is 9.71. The Morgan fingerprint density at radius 3 is 2.39 bits per heavy atom. The fraction of sp³-hybridized carbons (Fsp3) is 0.481. The number of hydrogen-bond acceptors (Lipinski definition) is 4. The smallest absolute Gasteiger partial charge is 0.407 e. The summed E-state index contributed by atoms with van der Waals surface area (Å²) in [4.78, 5) is 27.0. The quantitative estimate of drug-likeness (QED) is 0.616. The molecule has 0 aromatic heterocycles. The van der Waals surface area contributed by atoms with Crippen molar-refractivity contribution >= 4 is 12.0 Å². The molecule has 6 heteroatoms. The zero-order valence-electron chi connectivity index (χ0n) is 19.9. The van der Waals surface area contributed by atoms with E-state index in [0.717, 1.165) is 29.5 Å². The zero-order valence-corrected chi connectivity index (χ0v) is 19.9. The molecule has 2 aromatic carbocycles. The Morgan fingerprint density at radius 1 is 1.09 bits per heavy atom. The molecule has 2 amide bonds. The van der Waals surface area contributed by atoms with Crippen molar-refractivity contribution in [2.75, 3.05) is 13.2 Å². The molecule has 0 aliphatic carbocycles. The van der Waals surface area contributed by atoms with E-state index in [-0.39, 0.29) is 24.6 Å². The molecule has 0 saturated carbocycles. The summed E-state index contributed by atoms with van der Waals surface area (Å²) in [6.45, 7) is 6.18. The van der Waals surface area contributed by atoms with Gasteiger partial charge in [0.05, 0.1) is 12.6 Å². The maximum atomic E-state index is 12.8. The van der Waals surface area contributed by atoms with Crippen molar-refractivity contribution in [1.29, 1.82) is 0 Å². The summed E-state index contributed by atoms with van der Waals surface area (Å²) in [5, 5.41) is 12.5. The lowest BCUT2D eigenvalue weighted by Gasteiger charge is -2.26. The van der Waals surface area contributed by atoms with Gasteiger partial charge in [-0.15, -0.1) is 0 Å². The van der Waals surface area contributed by atoms with Crippen LogP contribution < -0.4 is 5.32 Å². The molecular weight excluding hydrogens is 416 g/mol. The summed E-state index contributed by atoms with van der Waals surface area (Å²) in [7, 11) is 0. The molecule has 1 aliphatic rings. The van der Waals surface area contributed by atoms with Crippen molar-refractivity contribution in [2.45, 2.75) is 70.6 Å². The maximum Gasteiger partial charge on any atom is 0.407 e. The molecule has 2 aromatic rings.